The summed E-state index contributed by atoms with van der Waals surface area (Å²) in [6.07, 6.45) is 26.0. The van der Waals surface area contributed by atoms with E-state index in [0.717, 1.165) is 25.7 Å². The van der Waals surface area contributed by atoms with Crippen LogP contribution in [0.15, 0.2) is 0 Å². The van der Waals surface area contributed by atoms with Gasteiger partial charge in [0, 0.05) is 11.9 Å². The predicted octanol–water partition coefficient (Wildman–Crippen LogP) is 4.11. The van der Waals surface area contributed by atoms with Crippen LogP contribution in [-0.2, 0) is 10.1 Å². The molecule has 30 heavy (non-hydrogen) atoms. The van der Waals surface area contributed by atoms with Crippen LogP contribution in [0.5, 0.6) is 0 Å². The molecule has 0 heterocycles. The summed E-state index contributed by atoms with van der Waals surface area (Å²) in [5.74, 6) is 0. The Morgan fingerprint density at radius 3 is 1.03 bits per heavy atom. The summed E-state index contributed by atoms with van der Waals surface area (Å²) >= 11 is 0. The van der Waals surface area contributed by atoms with E-state index in [1.807, 2.05) is 0 Å². The first kappa shape index (κ1) is 33.7. The Morgan fingerprint density at radius 2 is 0.800 bits per heavy atom. The molecule has 0 aromatic rings. The molecular formula is C24H49KO4S. The zero-order valence-electron chi connectivity index (χ0n) is 20.2. The minimum absolute atomic E-state index is 0. The largest absolute Gasteiger partial charge is 1.00 e. The maximum absolute atomic E-state index is 10.8. The molecule has 0 aliphatic heterocycles. The van der Waals surface area contributed by atoms with Crippen molar-refractivity contribution in [2.24, 2.45) is 0 Å². The average molecular weight is 473 g/mol. The van der Waals surface area contributed by atoms with Crippen molar-refractivity contribution in [1.82, 2.24) is 0 Å². The van der Waals surface area contributed by atoms with Crippen molar-refractivity contribution in [3.63, 3.8) is 0 Å². The van der Waals surface area contributed by atoms with Crippen molar-refractivity contribution >= 4 is 10.1 Å². The van der Waals surface area contributed by atoms with Crippen molar-refractivity contribution < 1.29 is 69.5 Å². The van der Waals surface area contributed by atoms with Gasteiger partial charge in [-0.1, -0.05) is 122 Å². The van der Waals surface area contributed by atoms with Crippen LogP contribution in [0.2, 0.25) is 0 Å². The molecule has 0 saturated heterocycles. The van der Waals surface area contributed by atoms with E-state index in [1.165, 1.54) is 110 Å². The molecule has 0 aromatic carbocycles. The minimum Gasteiger partial charge on any atom is -0.748 e. The van der Waals surface area contributed by atoms with Gasteiger partial charge in [0.25, 0.3) is 0 Å². The third-order valence-electron chi connectivity index (χ3n) is 6.01. The van der Waals surface area contributed by atoms with Crippen LogP contribution in [0.3, 0.4) is 0 Å². The Hall–Kier alpha value is 1.51. The smallest absolute Gasteiger partial charge is 0.748 e. The first-order valence-corrected chi connectivity index (χ1v) is 14.0. The second-order valence-corrected chi connectivity index (χ2v) is 10.7. The SMILES string of the molecule is CC(CCCCCCCCCCCCCCCCCCCCCCO)S(=O)(=O)[O-].[K+]. The molecule has 0 saturated carbocycles. The number of aliphatic hydroxyl groups excluding tert-OH is 1. The number of hydrogen-bond donors (Lipinski definition) is 1. The van der Waals surface area contributed by atoms with Crippen LogP contribution in [0.4, 0.5) is 0 Å². The van der Waals surface area contributed by atoms with Gasteiger partial charge in [-0.3, -0.25) is 0 Å². The second kappa shape index (κ2) is 25.1. The molecule has 0 amide bonds. The third-order valence-corrected chi connectivity index (χ3v) is 7.23. The van der Waals surface area contributed by atoms with E-state index in [1.54, 1.807) is 0 Å². The molecule has 1 N–H and O–H groups in total. The van der Waals surface area contributed by atoms with E-state index in [2.05, 4.69) is 0 Å². The number of rotatable bonds is 23. The summed E-state index contributed by atoms with van der Waals surface area (Å²) in [7, 11) is -4.09. The summed E-state index contributed by atoms with van der Waals surface area (Å²) in [5, 5.41) is 8.00. The molecule has 0 aromatic heterocycles. The molecule has 176 valence electrons. The third kappa shape index (κ3) is 25.8. The van der Waals surface area contributed by atoms with Gasteiger partial charge in [-0.25, -0.2) is 8.42 Å². The van der Waals surface area contributed by atoms with E-state index >= 15 is 0 Å². The molecule has 0 radical (unpaired) electrons. The predicted molar refractivity (Wildman–Crippen MR) is 123 cm³/mol. The number of hydrogen-bond acceptors (Lipinski definition) is 4. The first-order valence-electron chi connectivity index (χ1n) is 12.5. The Morgan fingerprint density at radius 1 is 0.567 bits per heavy atom. The van der Waals surface area contributed by atoms with E-state index in [0.29, 0.717) is 13.0 Å². The van der Waals surface area contributed by atoms with E-state index in [4.69, 9.17) is 5.11 Å². The standard InChI is InChI=1S/C24H50O4S.K/c1-24(29(26,27)28)22-20-18-16-14-12-10-8-6-4-2-3-5-7-9-11-13-15-17-19-21-23-25;/h24-25H,2-23H2,1H3,(H,26,27,28);/q;+1/p-1. The van der Waals surface area contributed by atoms with Gasteiger partial charge < -0.3 is 9.66 Å². The van der Waals surface area contributed by atoms with Crippen molar-refractivity contribution in [2.75, 3.05) is 6.61 Å². The van der Waals surface area contributed by atoms with Crippen molar-refractivity contribution in [3.8, 4) is 0 Å². The number of unbranched alkanes of at least 4 members (excludes halogenated alkanes) is 19. The van der Waals surface area contributed by atoms with Gasteiger partial charge in [0.15, 0.2) is 0 Å². The number of aliphatic hydroxyl groups is 1. The van der Waals surface area contributed by atoms with E-state index in [-0.39, 0.29) is 51.4 Å². The zero-order valence-corrected chi connectivity index (χ0v) is 24.2. The fourth-order valence-corrected chi connectivity index (χ4v) is 4.33. The molecule has 0 aliphatic carbocycles. The van der Waals surface area contributed by atoms with Gasteiger partial charge in [-0.05, 0) is 19.8 Å². The molecule has 1 unspecified atom stereocenters. The maximum atomic E-state index is 10.8. The molecular weight excluding hydrogens is 423 g/mol. The molecule has 0 aliphatic rings. The Labute approximate surface area is 230 Å². The normalized spacial score (nSPS) is 12.6. The van der Waals surface area contributed by atoms with Crippen molar-refractivity contribution in [1.29, 1.82) is 0 Å². The van der Waals surface area contributed by atoms with E-state index in [9.17, 15) is 13.0 Å². The van der Waals surface area contributed by atoms with Crippen LogP contribution >= 0.6 is 0 Å². The fraction of sp³-hybridized carbons (Fsp3) is 1.00. The molecule has 0 spiro atoms. The maximum Gasteiger partial charge on any atom is 1.00 e. The Balaban J connectivity index is 0. The second-order valence-electron chi connectivity index (χ2n) is 8.89. The van der Waals surface area contributed by atoms with Gasteiger partial charge in [0.2, 0.25) is 0 Å². The molecule has 0 rings (SSSR count). The molecule has 0 fully saturated rings. The summed E-state index contributed by atoms with van der Waals surface area (Å²) in [5.41, 5.74) is 0. The molecule has 0 bridgehead atoms. The average Bonchev–Trinajstić information content (AvgIpc) is 2.68. The van der Waals surface area contributed by atoms with E-state index < -0.39 is 15.4 Å². The van der Waals surface area contributed by atoms with Gasteiger partial charge in [0.1, 0.15) is 0 Å². The monoisotopic (exact) mass is 472 g/mol. The topological polar surface area (TPSA) is 77.4 Å². The van der Waals surface area contributed by atoms with Crippen molar-refractivity contribution in [3.05, 3.63) is 0 Å². The van der Waals surface area contributed by atoms with Gasteiger partial charge in [0.05, 0.1) is 10.1 Å². The molecule has 1 atom stereocenters. The summed E-state index contributed by atoms with van der Waals surface area (Å²) < 4.78 is 32.4. The first-order chi connectivity index (χ1) is 14.0. The molecule has 6 heteroatoms. The van der Waals surface area contributed by atoms with Crippen LogP contribution < -0.4 is 51.4 Å². The van der Waals surface area contributed by atoms with Crippen LogP contribution in [-0.4, -0.2) is 29.9 Å². The van der Waals surface area contributed by atoms with Crippen LogP contribution in [0, 0.1) is 0 Å². The van der Waals surface area contributed by atoms with Crippen LogP contribution in [0.25, 0.3) is 0 Å². The quantitative estimate of drug-likeness (QED) is 0.138. The van der Waals surface area contributed by atoms with Crippen molar-refractivity contribution in [2.45, 2.75) is 147 Å². The van der Waals surface area contributed by atoms with Crippen LogP contribution in [0.1, 0.15) is 142 Å². The van der Waals surface area contributed by atoms with Gasteiger partial charge in [-0.2, -0.15) is 0 Å². The summed E-state index contributed by atoms with van der Waals surface area (Å²) in [4.78, 5) is 0. The Bertz CT molecular complexity index is 429. The molecule has 4 nitrogen and oxygen atoms in total. The minimum atomic E-state index is -4.09. The Kier molecular flexibility index (Phi) is 28.2. The summed E-state index contributed by atoms with van der Waals surface area (Å²) in [6.45, 7) is 1.87. The summed E-state index contributed by atoms with van der Waals surface area (Å²) in [6, 6.07) is 0. The van der Waals surface area contributed by atoms with Gasteiger partial charge >= 0.3 is 51.4 Å². The van der Waals surface area contributed by atoms with Gasteiger partial charge in [-0.15, -0.1) is 0 Å². The fourth-order valence-electron chi connectivity index (χ4n) is 3.87. The zero-order chi connectivity index (χ0) is 21.6.